The lowest BCUT2D eigenvalue weighted by molar-refractivity contribution is -0.0330. The van der Waals surface area contributed by atoms with Crippen LogP contribution in [0.3, 0.4) is 0 Å². The van der Waals surface area contributed by atoms with Crippen LogP contribution in [0.1, 0.15) is 26.2 Å². The molecule has 0 aliphatic carbocycles. The first-order chi connectivity index (χ1) is 11.3. The molecule has 0 fully saturated rings. The summed E-state index contributed by atoms with van der Waals surface area (Å²) in [7, 11) is -5.53. The van der Waals surface area contributed by atoms with Crippen molar-refractivity contribution in [1.82, 2.24) is 0 Å². The van der Waals surface area contributed by atoms with Crippen molar-refractivity contribution in [2.45, 2.75) is 78.1 Å². The Kier molecular flexibility index (Phi) is 10.9. The van der Waals surface area contributed by atoms with E-state index >= 15 is 0 Å². The summed E-state index contributed by atoms with van der Waals surface area (Å²) in [6.07, 6.45) is 2.57. The first-order valence-corrected chi connectivity index (χ1v) is 18.8. The highest BCUT2D eigenvalue weighted by Crippen LogP contribution is 2.26. The molecule has 0 aliphatic rings. The first-order valence-electron chi connectivity index (χ1n) is 9.50. The van der Waals surface area contributed by atoms with Gasteiger partial charge in [-0.05, 0) is 64.7 Å². The van der Waals surface area contributed by atoms with Gasteiger partial charge in [-0.25, -0.2) is 0 Å². The van der Waals surface area contributed by atoms with E-state index in [0.717, 1.165) is 25.3 Å². The van der Waals surface area contributed by atoms with Gasteiger partial charge in [-0.2, -0.15) is 0 Å². The first kappa shape index (κ1) is 25.5. The van der Waals surface area contributed by atoms with Gasteiger partial charge in [0.1, 0.15) is 0 Å². The maximum atomic E-state index is 9.58. The second-order valence-electron chi connectivity index (χ2n) is 9.29. The zero-order valence-electron chi connectivity index (χ0n) is 17.8. The van der Waals surface area contributed by atoms with Crippen LogP contribution in [-0.2, 0) is 13.0 Å². The molecule has 152 valence electrons. The number of hydrogen-bond donors (Lipinski definition) is 2. The summed E-state index contributed by atoms with van der Waals surface area (Å²) in [5.41, 5.74) is -0.515. The van der Waals surface area contributed by atoms with E-state index in [1.54, 1.807) is 0 Å². The molecular weight excluding hydrogens is 368 g/mol. The predicted molar refractivity (Wildman–Crippen MR) is 112 cm³/mol. The Hall–Kier alpha value is 0.451. The summed E-state index contributed by atoms with van der Waals surface area (Å²) in [6, 6.07) is 0.917. The van der Waals surface area contributed by atoms with Crippen molar-refractivity contribution in [2.75, 3.05) is 26.4 Å². The van der Waals surface area contributed by atoms with Gasteiger partial charge in [0.15, 0.2) is 16.6 Å². The Labute approximate surface area is 158 Å². The molecule has 0 spiro atoms. The van der Waals surface area contributed by atoms with E-state index in [1.807, 2.05) is 0 Å². The normalized spacial score (nSPS) is 14.2. The minimum Gasteiger partial charge on any atom is -0.437 e. The summed E-state index contributed by atoms with van der Waals surface area (Å²) in [4.78, 5) is 0. The van der Waals surface area contributed by atoms with Gasteiger partial charge in [0.05, 0.1) is 19.8 Å². The summed E-state index contributed by atoms with van der Waals surface area (Å²) < 4.78 is 18.8. The van der Waals surface area contributed by atoms with E-state index in [0.29, 0.717) is 13.2 Å². The summed E-state index contributed by atoms with van der Waals surface area (Å²) in [6.45, 7) is 18.4. The lowest BCUT2D eigenvalue weighted by Crippen LogP contribution is -2.52. The minimum atomic E-state index is -2.20. The summed E-state index contributed by atoms with van der Waals surface area (Å²) in [5, 5.41) is 19.2. The molecule has 0 rings (SSSR count). The molecule has 2 N–H and O–H groups in total. The molecule has 25 heavy (non-hydrogen) atoms. The summed E-state index contributed by atoms with van der Waals surface area (Å²) in [5.74, 6) is 0. The van der Waals surface area contributed by atoms with Crippen LogP contribution in [0.2, 0.25) is 51.9 Å². The van der Waals surface area contributed by atoms with Crippen LogP contribution in [0.5, 0.6) is 0 Å². The monoisotopic (exact) mass is 410 g/mol. The third-order valence-corrected chi connectivity index (χ3v) is 13.4. The van der Waals surface area contributed by atoms with E-state index < -0.39 is 30.6 Å². The zero-order chi connectivity index (χ0) is 19.8. The molecule has 0 saturated carbocycles. The van der Waals surface area contributed by atoms with Gasteiger partial charge < -0.3 is 23.2 Å². The third-order valence-electron chi connectivity index (χ3n) is 3.82. The van der Waals surface area contributed by atoms with Crippen LogP contribution in [0, 0.1) is 5.41 Å². The standard InChI is InChI=1S/C17H42O5Si3/c1-9-11-17(14-18,15-19)16-20-12-10-13-25(8,21-23(2,3)4)22-24(5,6)7/h18-19H,9-16H2,1-8H3. The SMILES string of the molecule is CCCC(CO)(CO)COCCC[Si](C)(O[Si](C)(C)C)O[Si](C)(C)C. The van der Waals surface area contributed by atoms with Crippen LogP contribution in [0.4, 0.5) is 0 Å². The Bertz CT molecular complexity index is 346. The number of aliphatic hydroxyl groups excluding tert-OH is 2. The Morgan fingerprint density at radius 3 is 1.68 bits per heavy atom. The van der Waals surface area contributed by atoms with Crippen molar-refractivity contribution in [3.05, 3.63) is 0 Å². The highest BCUT2D eigenvalue weighted by Gasteiger charge is 2.39. The van der Waals surface area contributed by atoms with Gasteiger partial charge in [-0.15, -0.1) is 0 Å². The van der Waals surface area contributed by atoms with Crippen LogP contribution in [0.25, 0.3) is 0 Å². The smallest absolute Gasteiger partial charge is 0.314 e. The van der Waals surface area contributed by atoms with Crippen molar-refractivity contribution < 1.29 is 23.2 Å². The van der Waals surface area contributed by atoms with Crippen molar-refractivity contribution in [2.24, 2.45) is 5.41 Å². The highest BCUT2D eigenvalue weighted by atomic mass is 28.5. The Morgan fingerprint density at radius 1 is 0.840 bits per heavy atom. The predicted octanol–water partition coefficient (Wildman–Crippen LogP) is 3.94. The second kappa shape index (κ2) is 10.7. The van der Waals surface area contributed by atoms with Crippen molar-refractivity contribution in [3.8, 4) is 0 Å². The molecule has 5 nitrogen and oxygen atoms in total. The maximum Gasteiger partial charge on any atom is 0.314 e. The molecular formula is C17H42O5Si3. The molecule has 0 saturated heterocycles. The van der Waals surface area contributed by atoms with Crippen LogP contribution >= 0.6 is 0 Å². The average molecular weight is 411 g/mol. The molecule has 0 atom stereocenters. The fraction of sp³-hybridized carbons (Fsp3) is 1.00. The number of rotatable bonds is 14. The van der Waals surface area contributed by atoms with Crippen molar-refractivity contribution in [1.29, 1.82) is 0 Å². The van der Waals surface area contributed by atoms with E-state index in [1.165, 1.54) is 0 Å². The molecule has 0 aromatic heterocycles. The van der Waals surface area contributed by atoms with E-state index in [4.69, 9.17) is 13.0 Å². The highest BCUT2D eigenvalue weighted by molar-refractivity contribution is 6.87. The van der Waals surface area contributed by atoms with Crippen LogP contribution in [0.15, 0.2) is 0 Å². The van der Waals surface area contributed by atoms with Gasteiger partial charge in [-0.3, -0.25) is 0 Å². The van der Waals surface area contributed by atoms with Crippen LogP contribution in [-0.4, -0.2) is 61.8 Å². The van der Waals surface area contributed by atoms with E-state index in [-0.39, 0.29) is 13.2 Å². The van der Waals surface area contributed by atoms with Crippen LogP contribution < -0.4 is 0 Å². The second-order valence-corrected chi connectivity index (χ2v) is 22.1. The molecule has 0 radical (unpaired) electrons. The molecule has 8 heteroatoms. The molecule has 0 amide bonds. The molecule has 0 aromatic rings. The fourth-order valence-electron chi connectivity index (χ4n) is 3.10. The lowest BCUT2D eigenvalue weighted by Gasteiger charge is -2.38. The van der Waals surface area contributed by atoms with Crippen molar-refractivity contribution >= 4 is 25.2 Å². The topological polar surface area (TPSA) is 68.2 Å². The quantitative estimate of drug-likeness (QED) is 0.335. The Balaban J connectivity index is 4.56. The minimum absolute atomic E-state index is 0.0404. The summed E-state index contributed by atoms with van der Waals surface area (Å²) >= 11 is 0. The maximum absolute atomic E-state index is 9.58. The molecule has 0 bridgehead atoms. The molecule has 0 heterocycles. The number of hydrogen-bond acceptors (Lipinski definition) is 5. The van der Waals surface area contributed by atoms with Gasteiger partial charge in [0, 0.05) is 12.0 Å². The Morgan fingerprint density at radius 2 is 1.32 bits per heavy atom. The van der Waals surface area contributed by atoms with Gasteiger partial charge >= 0.3 is 8.56 Å². The third kappa shape index (κ3) is 11.7. The van der Waals surface area contributed by atoms with Gasteiger partial charge in [0.25, 0.3) is 0 Å². The number of ether oxygens (including phenoxy) is 1. The van der Waals surface area contributed by atoms with Gasteiger partial charge in [0.2, 0.25) is 0 Å². The van der Waals surface area contributed by atoms with Gasteiger partial charge in [-0.1, -0.05) is 13.3 Å². The molecule has 0 aliphatic heterocycles. The van der Waals surface area contributed by atoms with E-state index in [2.05, 4.69) is 52.8 Å². The zero-order valence-corrected chi connectivity index (χ0v) is 20.8. The average Bonchev–Trinajstić information content (AvgIpc) is 2.41. The van der Waals surface area contributed by atoms with Crippen molar-refractivity contribution in [3.63, 3.8) is 0 Å². The lowest BCUT2D eigenvalue weighted by atomic mass is 9.86. The van der Waals surface area contributed by atoms with E-state index in [9.17, 15) is 10.2 Å². The number of aliphatic hydroxyl groups is 2. The molecule has 0 unspecified atom stereocenters. The largest absolute Gasteiger partial charge is 0.437 e. The fourth-order valence-corrected chi connectivity index (χ4v) is 15.6. The molecule has 0 aromatic carbocycles.